The van der Waals surface area contributed by atoms with Crippen LogP contribution in [0.15, 0.2) is 12.2 Å². The molecule has 2 atom stereocenters. The second-order valence-corrected chi connectivity index (χ2v) is 26.7. The number of nitrogens with one attached hydrogen (secondary N) is 1. The second-order valence-electron chi connectivity index (χ2n) is 26.7. The number of aliphatic hydroxyl groups excluding tert-OH is 2. The highest BCUT2D eigenvalue weighted by atomic mass is 16.5. The van der Waals surface area contributed by atoms with Gasteiger partial charge in [0.2, 0.25) is 5.91 Å². The Bertz CT molecular complexity index is 1260. The normalized spacial score (nSPS) is 12.5. The smallest absolute Gasteiger partial charge is 0.305 e. The summed E-state index contributed by atoms with van der Waals surface area (Å²) >= 11 is 0. The average molecular weight is 1170 g/mol. The first kappa shape index (κ1) is 81.6. The van der Waals surface area contributed by atoms with Crippen LogP contribution in [0.1, 0.15) is 444 Å². The van der Waals surface area contributed by atoms with Crippen molar-refractivity contribution in [3.05, 3.63) is 12.2 Å². The molecule has 0 aliphatic carbocycles. The van der Waals surface area contributed by atoms with Crippen LogP contribution < -0.4 is 5.32 Å². The summed E-state index contributed by atoms with van der Waals surface area (Å²) in [6.07, 6.45) is 91.6. The third-order valence-electron chi connectivity index (χ3n) is 18.3. The van der Waals surface area contributed by atoms with Gasteiger partial charge >= 0.3 is 5.97 Å². The number of hydrogen-bond donors (Lipinski definition) is 3. The van der Waals surface area contributed by atoms with Gasteiger partial charge in [0.25, 0.3) is 0 Å². The Morgan fingerprint density at radius 1 is 0.325 bits per heavy atom. The molecule has 494 valence electrons. The van der Waals surface area contributed by atoms with Crippen molar-refractivity contribution in [1.82, 2.24) is 5.32 Å². The van der Waals surface area contributed by atoms with Crippen LogP contribution >= 0.6 is 0 Å². The van der Waals surface area contributed by atoms with Gasteiger partial charge < -0.3 is 20.3 Å². The molecule has 0 saturated heterocycles. The lowest BCUT2D eigenvalue weighted by atomic mass is 10.0. The van der Waals surface area contributed by atoms with E-state index in [9.17, 15) is 19.8 Å². The largest absolute Gasteiger partial charge is 0.466 e. The molecular formula is C77H151NO5. The first-order valence-corrected chi connectivity index (χ1v) is 38.4. The molecule has 0 radical (unpaired) electrons. The van der Waals surface area contributed by atoms with Gasteiger partial charge in [0, 0.05) is 12.8 Å². The molecule has 3 N–H and O–H groups in total. The molecule has 0 aromatic carbocycles. The minimum absolute atomic E-state index is 0.0115. The lowest BCUT2D eigenvalue weighted by Crippen LogP contribution is -2.45. The van der Waals surface area contributed by atoms with E-state index in [2.05, 4.69) is 31.3 Å². The van der Waals surface area contributed by atoms with Crippen molar-refractivity contribution >= 4 is 11.9 Å². The number of allylic oxidation sites excluding steroid dienone is 2. The first-order chi connectivity index (χ1) is 41.0. The van der Waals surface area contributed by atoms with Gasteiger partial charge in [-0.15, -0.1) is 0 Å². The SMILES string of the molecule is CCCC/C=C\CCCCCCCC(=O)OCCCCCCCCCCCCCCCCCCCCCCCCCCCCCCCCCCCC(=O)NC(CO)C(O)CCCCCCCCCCCCCCCCCCCCCCCC. The summed E-state index contributed by atoms with van der Waals surface area (Å²) in [5.41, 5.74) is 0. The van der Waals surface area contributed by atoms with E-state index in [0.717, 1.165) is 44.9 Å². The third kappa shape index (κ3) is 69.6. The quantitative estimate of drug-likeness (QED) is 0.0320. The van der Waals surface area contributed by atoms with Crippen molar-refractivity contribution in [3.8, 4) is 0 Å². The maximum Gasteiger partial charge on any atom is 0.305 e. The van der Waals surface area contributed by atoms with Gasteiger partial charge in [0.15, 0.2) is 0 Å². The maximum absolute atomic E-state index is 12.6. The molecule has 1 amide bonds. The van der Waals surface area contributed by atoms with E-state index in [0.29, 0.717) is 25.9 Å². The number of esters is 1. The fourth-order valence-electron chi connectivity index (χ4n) is 12.5. The third-order valence-corrected chi connectivity index (χ3v) is 18.3. The van der Waals surface area contributed by atoms with Crippen molar-refractivity contribution < 1.29 is 24.5 Å². The zero-order valence-corrected chi connectivity index (χ0v) is 56.7. The number of rotatable bonds is 73. The monoisotopic (exact) mass is 1170 g/mol. The molecule has 0 aliphatic heterocycles. The molecule has 2 unspecified atom stereocenters. The van der Waals surface area contributed by atoms with Gasteiger partial charge in [-0.1, -0.05) is 398 Å². The van der Waals surface area contributed by atoms with Gasteiger partial charge in [-0.25, -0.2) is 0 Å². The van der Waals surface area contributed by atoms with E-state index in [1.54, 1.807) is 0 Å². The fraction of sp³-hybridized carbons (Fsp3) is 0.948. The molecule has 0 aliphatic rings. The number of hydrogen-bond acceptors (Lipinski definition) is 5. The lowest BCUT2D eigenvalue weighted by molar-refractivity contribution is -0.143. The van der Waals surface area contributed by atoms with E-state index >= 15 is 0 Å². The summed E-state index contributed by atoms with van der Waals surface area (Å²) in [5, 5.41) is 23.5. The van der Waals surface area contributed by atoms with E-state index in [1.807, 2.05) is 0 Å². The van der Waals surface area contributed by atoms with Crippen LogP contribution in [0.3, 0.4) is 0 Å². The number of aliphatic hydroxyl groups is 2. The Morgan fingerprint density at radius 3 is 0.892 bits per heavy atom. The van der Waals surface area contributed by atoms with Crippen LogP contribution in [0.25, 0.3) is 0 Å². The fourth-order valence-corrected chi connectivity index (χ4v) is 12.5. The van der Waals surface area contributed by atoms with Gasteiger partial charge in [-0.3, -0.25) is 9.59 Å². The molecule has 0 bridgehead atoms. The van der Waals surface area contributed by atoms with Crippen molar-refractivity contribution in [2.45, 2.75) is 456 Å². The summed E-state index contributed by atoms with van der Waals surface area (Å²) < 4.78 is 5.47. The predicted octanol–water partition coefficient (Wildman–Crippen LogP) is 25.1. The van der Waals surface area contributed by atoms with Crippen LogP contribution in [0.4, 0.5) is 0 Å². The summed E-state index contributed by atoms with van der Waals surface area (Å²) in [4.78, 5) is 24.6. The van der Waals surface area contributed by atoms with Crippen LogP contribution in [-0.4, -0.2) is 47.4 Å². The standard InChI is InChI=1S/C77H151NO5/c1-3-5-7-9-11-13-15-16-17-18-19-20-34-37-40-43-46-50-53-57-61-65-69-75(80)74(73-79)78-76(81)70-66-62-58-54-51-47-44-41-38-35-32-30-28-26-24-22-21-23-25-27-29-31-33-36-39-42-45-48-52-56-60-64-68-72-83-77(82)71-67-63-59-55-49-14-12-10-8-6-4-2/h10,12,74-75,79-80H,3-9,11,13-73H2,1-2H3,(H,78,81)/b12-10-. The number of carbonyl (C=O) groups is 2. The predicted molar refractivity (Wildman–Crippen MR) is 366 cm³/mol. The average Bonchev–Trinajstić information content (AvgIpc) is 3.49. The molecule has 6 nitrogen and oxygen atoms in total. The maximum atomic E-state index is 12.6. The highest BCUT2D eigenvalue weighted by Crippen LogP contribution is 2.20. The molecule has 0 fully saturated rings. The second kappa shape index (κ2) is 73.1. The number of unbranched alkanes of at least 4 members (excludes halogenated alkanes) is 60. The topological polar surface area (TPSA) is 95.9 Å². The van der Waals surface area contributed by atoms with Crippen LogP contribution in [0, 0.1) is 0 Å². The molecule has 0 spiro atoms. The lowest BCUT2D eigenvalue weighted by Gasteiger charge is -2.22. The van der Waals surface area contributed by atoms with E-state index in [1.165, 1.54) is 366 Å². The van der Waals surface area contributed by atoms with Crippen LogP contribution in [0.2, 0.25) is 0 Å². The summed E-state index contributed by atoms with van der Waals surface area (Å²) in [6, 6.07) is -0.538. The van der Waals surface area contributed by atoms with Gasteiger partial charge in [0.05, 0.1) is 25.4 Å². The van der Waals surface area contributed by atoms with Gasteiger partial charge in [-0.05, 0) is 44.9 Å². The van der Waals surface area contributed by atoms with Crippen molar-refractivity contribution in [2.75, 3.05) is 13.2 Å². The minimum Gasteiger partial charge on any atom is -0.466 e. The molecule has 83 heavy (non-hydrogen) atoms. The highest BCUT2D eigenvalue weighted by molar-refractivity contribution is 5.76. The summed E-state index contributed by atoms with van der Waals surface area (Å²) in [6.45, 7) is 4.97. The van der Waals surface area contributed by atoms with Crippen LogP contribution in [-0.2, 0) is 14.3 Å². The Hall–Kier alpha value is -1.40. The molecular weight excluding hydrogens is 1020 g/mol. The first-order valence-electron chi connectivity index (χ1n) is 38.4. The molecule has 0 saturated carbocycles. The minimum atomic E-state index is -0.661. The Kier molecular flexibility index (Phi) is 71.8. The molecule has 6 heteroatoms. The van der Waals surface area contributed by atoms with Crippen LogP contribution in [0.5, 0.6) is 0 Å². The number of carbonyl (C=O) groups excluding carboxylic acids is 2. The Labute approximate surface area is 520 Å². The Balaban J connectivity index is 3.32. The van der Waals surface area contributed by atoms with Gasteiger partial charge in [-0.2, -0.15) is 0 Å². The van der Waals surface area contributed by atoms with E-state index in [4.69, 9.17) is 4.74 Å². The van der Waals surface area contributed by atoms with Crippen molar-refractivity contribution in [2.24, 2.45) is 0 Å². The zero-order chi connectivity index (χ0) is 59.9. The van der Waals surface area contributed by atoms with Gasteiger partial charge in [0.1, 0.15) is 0 Å². The molecule has 0 rings (SSSR count). The van der Waals surface area contributed by atoms with E-state index in [-0.39, 0.29) is 18.5 Å². The number of ether oxygens (including phenoxy) is 1. The summed E-state index contributed by atoms with van der Waals surface area (Å²) in [5.74, 6) is -0.0129. The van der Waals surface area contributed by atoms with E-state index < -0.39 is 12.1 Å². The Morgan fingerprint density at radius 2 is 0.578 bits per heavy atom. The summed E-state index contributed by atoms with van der Waals surface area (Å²) in [7, 11) is 0. The highest BCUT2D eigenvalue weighted by Gasteiger charge is 2.20. The zero-order valence-electron chi connectivity index (χ0n) is 56.7. The van der Waals surface area contributed by atoms with Crippen molar-refractivity contribution in [1.29, 1.82) is 0 Å². The number of amides is 1. The molecule has 0 aromatic heterocycles. The molecule has 0 heterocycles. The van der Waals surface area contributed by atoms with Crippen molar-refractivity contribution in [3.63, 3.8) is 0 Å². The molecule has 0 aromatic rings.